The highest BCUT2D eigenvalue weighted by atomic mass is 127. The molecule has 6 nitrogen and oxygen atoms in total. The molecule has 0 aromatic heterocycles. The van der Waals surface area contributed by atoms with Crippen molar-refractivity contribution in [3.05, 3.63) is 130 Å². The van der Waals surface area contributed by atoms with E-state index in [-0.39, 0.29) is 46.1 Å². The number of likely N-dealkylation sites (N-methyl/N-ethyl adjacent to an activating group) is 1. The van der Waals surface area contributed by atoms with Gasteiger partial charge in [0, 0.05) is 41.6 Å². The fourth-order valence-electron chi connectivity index (χ4n) is 7.51. The maximum atomic E-state index is 13.0. The summed E-state index contributed by atoms with van der Waals surface area (Å²) in [6.07, 6.45) is 11.5. The Morgan fingerprint density at radius 2 is 1.58 bits per heavy atom. The Bertz CT molecular complexity index is 1990. The Hall–Kier alpha value is -4.11. The van der Waals surface area contributed by atoms with E-state index in [0.717, 1.165) is 36.2 Å². The molecule has 0 radical (unpaired) electrons. The third-order valence-corrected chi connectivity index (χ3v) is 10.0. The lowest BCUT2D eigenvalue weighted by Gasteiger charge is -2.25. The number of halogens is 1. The van der Waals surface area contributed by atoms with Gasteiger partial charge in [-0.1, -0.05) is 56.3 Å². The maximum Gasteiger partial charge on any atom is 0.342 e. The van der Waals surface area contributed by atoms with Crippen molar-refractivity contribution >= 4 is 23.1 Å². The van der Waals surface area contributed by atoms with Gasteiger partial charge in [-0.3, -0.25) is 0 Å². The smallest absolute Gasteiger partial charge is 0.342 e. The molecule has 0 bridgehead atoms. The second-order valence-electron chi connectivity index (χ2n) is 15.4. The minimum atomic E-state index is -0.701. The molecular formula is C43H49IN2O4. The topological polar surface area (TPSA) is 62.0 Å². The lowest BCUT2D eigenvalue weighted by molar-refractivity contribution is -0.401. The average molecular weight is 785 g/mol. The van der Waals surface area contributed by atoms with Crippen LogP contribution in [-0.2, 0) is 15.6 Å². The molecule has 50 heavy (non-hydrogen) atoms. The van der Waals surface area contributed by atoms with Gasteiger partial charge in [0.2, 0.25) is 5.69 Å². The number of benzene rings is 3. The number of anilines is 1. The van der Waals surface area contributed by atoms with Crippen LogP contribution in [0.2, 0.25) is 0 Å². The minimum absolute atomic E-state index is 0. The molecule has 1 aliphatic carbocycles. The van der Waals surface area contributed by atoms with E-state index in [0.29, 0.717) is 5.75 Å². The molecule has 0 spiro atoms. The largest absolute Gasteiger partial charge is 1.00 e. The summed E-state index contributed by atoms with van der Waals surface area (Å²) >= 11 is 0. The quantitative estimate of drug-likeness (QED) is 0.172. The molecule has 3 aromatic carbocycles. The first-order valence-electron chi connectivity index (χ1n) is 17.2. The third-order valence-electron chi connectivity index (χ3n) is 10.0. The Morgan fingerprint density at radius 1 is 0.900 bits per heavy atom. The molecule has 0 saturated heterocycles. The molecule has 0 unspecified atom stereocenters. The van der Waals surface area contributed by atoms with Crippen molar-refractivity contribution < 1.29 is 47.9 Å². The molecule has 0 amide bonds. The molecule has 7 heteroatoms. The summed E-state index contributed by atoms with van der Waals surface area (Å²) in [4.78, 5) is 15.3. The number of carbonyl (C=O) groups excluding carboxylic acids is 1. The van der Waals surface area contributed by atoms with Crippen molar-refractivity contribution in [2.75, 3.05) is 19.0 Å². The zero-order chi connectivity index (χ0) is 35.3. The number of hydrogen-bond acceptors (Lipinski definition) is 5. The van der Waals surface area contributed by atoms with Crippen LogP contribution in [0.5, 0.6) is 11.5 Å². The van der Waals surface area contributed by atoms with Gasteiger partial charge >= 0.3 is 5.97 Å². The van der Waals surface area contributed by atoms with Crippen molar-refractivity contribution in [1.82, 2.24) is 0 Å². The maximum absolute atomic E-state index is 13.0. The van der Waals surface area contributed by atoms with E-state index in [2.05, 4.69) is 124 Å². The van der Waals surface area contributed by atoms with E-state index in [9.17, 15) is 9.90 Å². The van der Waals surface area contributed by atoms with Crippen LogP contribution in [0.25, 0.3) is 0 Å². The normalized spacial score (nSPS) is 19.6. The van der Waals surface area contributed by atoms with Crippen molar-refractivity contribution in [1.29, 1.82) is 0 Å². The van der Waals surface area contributed by atoms with E-state index >= 15 is 0 Å². The number of fused-ring (bicyclic) bond motifs is 2. The van der Waals surface area contributed by atoms with Gasteiger partial charge in [0.15, 0.2) is 5.71 Å². The third kappa shape index (κ3) is 6.94. The van der Waals surface area contributed by atoms with Crippen LogP contribution in [0, 0.1) is 0 Å². The fourth-order valence-corrected chi connectivity index (χ4v) is 7.51. The number of nitrogens with zero attached hydrogens (tertiary/aromatic N) is 2. The Kier molecular flexibility index (Phi) is 10.3. The van der Waals surface area contributed by atoms with Crippen LogP contribution >= 0.6 is 0 Å². The molecule has 0 atom stereocenters. The van der Waals surface area contributed by atoms with Crippen molar-refractivity contribution in [3.8, 4) is 11.5 Å². The van der Waals surface area contributed by atoms with E-state index in [1.165, 1.54) is 40.0 Å². The molecule has 3 aliphatic rings. The summed E-state index contributed by atoms with van der Waals surface area (Å²) in [5, 5.41) is 10.6. The zero-order valence-electron chi connectivity index (χ0n) is 30.7. The minimum Gasteiger partial charge on any atom is -1.00 e. The Balaban J connectivity index is 0.00000486. The Labute approximate surface area is 314 Å². The SMILES string of the molecule is CN1/C(=C/C=C2\CCCC(/C=C/C3=[N+](C)c4ccccc4C3(C)C)=C2Oc2ccc(O)c(C(=O)OC(C)(C)C)c2)C(C)(C)c2ccccc21.[I-]. The van der Waals surface area contributed by atoms with Gasteiger partial charge in [0.25, 0.3) is 0 Å². The first-order valence-corrected chi connectivity index (χ1v) is 17.2. The number of rotatable bonds is 6. The Morgan fingerprint density at radius 3 is 2.26 bits per heavy atom. The molecule has 2 heterocycles. The molecule has 0 saturated carbocycles. The summed E-state index contributed by atoms with van der Waals surface area (Å²) in [5.74, 6) is 0.493. The summed E-state index contributed by atoms with van der Waals surface area (Å²) in [6, 6.07) is 21.9. The van der Waals surface area contributed by atoms with Gasteiger partial charge in [-0.15, -0.1) is 0 Å². The van der Waals surface area contributed by atoms with Crippen LogP contribution in [0.4, 0.5) is 11.4 Å². The summed E-state index contributed by atoms with van der Waals surface area (Å²) in [6.45, 7) is 14.5. The van der Waals surface area contributed by atoms with E-state index in [1.54, 1.807) is 32.9 Å². The molecule has 262 valence electrons. The average Bonchev–Trinajstić information content (AvgIpc) is 3.36. The fraction of sp³-hybridized carbons (Fsp3) is 0.349. The first kappa shape index (κ1) is 37.2. The predicted molar refractivity (Wildman–Crippen MR) is 198 cm³/mol. The number of aromatic hydroxyl groups is 1. The lowest BCUT2D eigenvalue weighted by Crippen LogP contribution is -3.00. The van der Waals surface area contributed by atoms with Crippen molar-refractivity contribution in [2.24, 2.45) is 0 Å². The highest BCUT2D eigenvalue weighted by Crippen LogP contribution is 2.47. The van der Waals surface area contributed by atoms with Crippen LogP contribution in [-0.4, -0.2) is 41.1 Å². The zero-order valence-corrected chi connectivity index (χ0v) is 32.9. The molecule has 3 aromatic rings. The molecular weight excluding hydrogens is 735 g/mol. The second kappa shape index (κ2) is 13.9. The van der Waals surface area contributed by atoms with Gasteiger partial charge in [-0.05, 0) is 107 Å². The monoisotopic (exact) mass is 784 g/mol. The van der Waals surface area contributed by atoms with Gasteiger partial charge in [0.05, 0.1) is 5.41 Å². The van der Waals surface area contributed by atoms with Gasteiger partial charge < -0.3 is 43.5 Å². The van der Waals surface area contributed by atoms with Crippen LogP contribution in [0.3, 0.4) is 0 Å². The molecule has 1 N–H and O–H groups in total. The number of carbonyl (C=O) groups is 1. The van der Waals surface area contributed by atoms with E-state index < -0.39 is 11.6 Å². The highest BCUT2D eigenvalue weighted by Gasteiger charge is 2.43. The van der Waals surface area contributed by atoms with Crippen molar-refractivity contribution in [2.45, 2.75) is 84.2 Å². The number of phenolic OH excluding ortho intramolecular Hbond substituents is 1. The summed E-state index contributed by atoms with van der Waals surface area (Å²) in [5.41, 5.74) is 8.69. The second-order valence-corrected chi connectivity index (χ2v) is 15.4. The van der Waals surface area contributed by atoms with Crippen molar-refractivity contribution in [3.63, 3.8) is 0 Å². The number of ether oxygens (including phenoxy) is 2. The predicted octanol–water partition coefficient (Wildman–Crippen LogP) is 6.67. The number of hydrogen-bond donors (Lipinski definition) is 1. The molecule has 2 aliphatic heterocycles. The number of allylic oxidation sites excluding steroid dienone is 7. The number of phenols is 1. The van der Waals surface area contributed by atoms with E-state index in [1.807, 2.05) is 0 Å². The summed E-state index contributed by atoms with van der Waals surface area (Å²) < 4.78 is 14.6. The number of para-hydroxylation sites is 2. The highest BCUT2D eigenvalue weighted by molar-refractivity contribution is 6.03. The van der Waals surface area contributed by atoms with E-state index in [4.69, 9.17) is 9.47 Å². The van der Waals surface area contributed by atoms with Gasteiger partial charge in [-0.2, -0.15) is 4.58 Å². The first-order chi connectivity index (χ1) is 23.1. The van der Waals surface area contributed by atoms with Gasteiger partial charge in [-0.25, -0.2) is 4.79 Å². The van der Waals surface area contributed by atoms with Crippen LogP contribution in [0.1, 0.15) is 89.2 Å². The summed E-state index contributed by atoms with van der Waals surface area (Å²) in [7, 11) is 4.26. The van der Waals surface area contributed by atoms with Crippen LogP contribution < -0.4 is 33.6 Å². The lowest BCUT2D eigenvalue weighted by atomic mass is 9.81. The number of esters is 1. The van der Waals surface area contributed by atoms with Crippen LogP contribution in [0.15, 0.2) is 114 Å². The standard InChI is InChI=1S/C43H48N2O4.HI/c1-41(2,3)49-40(47)31-27-30(23-24-36(31)46)48-39-28(21-25-37-42(4,5)32-17-10-12-19-34(32)44(37)8)15-14-16-29(39)22-26-38-43(6,7)33-18-11-13-20-35(33)45(38)9;/h10-13,17-27H,14-16H2,1-9H3;1H. The molecule has 0 fully saturated rings. The molecule has 6 rings (SSSR count). The van der Waals surface area contributed by atoms with Gasteiger partial charge in [0.1, 0.15) is 35.5 Å².